The molecule has 8 rings (SSSR count). The van der Waals surface area contributed by atoms with E-state index in [-0.39, 0.29) is 14.9 Å². The van der Waals surface area contributed by atoms with Crippen LogP contribution >= 0.6 is 0 Å². The summed E-state index contributed by atoms with van der Waals surface area (Å²) in [5.41, 5.74) is 3.54. The summed E-state index contributed by atoms with van der Waals surface area (Å²) in [7, 11) is 4.46. The molecule has 14 heteroatoms. The number of esters is 1. The maximum absolute atomic E-state index is 12.4. The van der Waals surface area contributed by atoms with Crippen LogP contribution in [0.5, 0.6) is 23.0 Å². The van der Waals surface area contributed by atoms with Crippen molar-refractivity contribution in [1.82, 2.24) is 30.0 Å². The predicted molar refractivity (Wildman–Crippen MR) is 228 cm³/mol. The summed E-state index contributed by atoms with van der Waals surface area (Å²) in [6, 6.07) is 43.3. The van der Waals surface area contributed by atoms with Crippen LogP contribution in [0.2, 0.25) is 0 Å². The van der Waals surface area contributed by atoms with E-state index in [0.29, 0.717) is 56.5 Å². The van der Waals surface area contributed by atoms with E-state index >= 15 is 0 Å². The molecule has 0 radical (unpaired) electrons. The van der Waals surface area contributed by atoms with Crippen molar-refractivity contribution in [2.75, 3.05) is 21.3 Å². The van der Waals surface area contributed by atoms with Gasteiger partial charge in [0.25, 0.3) is 0 Å². The van der Waals surface area contributed by atoms with Gasteiger partial charge in [-0.1, -0.05) is 99.8 Å². The fraction of sp³-hybridized carbons (Fsp3) is 0.174. The molecule has 1 N–H and O–H groups in total. The van der Waals surface area contributed by atoms with E-state index in [9.17, 15) is 14.7 Å². The summed E-state index contributed by atoms with van der Waals surface area (Å²) in [5.74, 6) is 0.319. The van der Waals surface area contributed by atoms with Crippen molar-refractivity contribution in [2.24, 2.45) is 0 Å². The number of methoxy groups -OCH3 is 3. The fourth-order valence-corrected chi connectivity index (χ4v) is 6.00. The summed E-state index contributed by atoms with van der Waals surface area (Å²) >= 11 is 0. The number of benzene rings is 6. The third-order valence-electron chi connectivity index (χ3n) is 9.15. The second-order valence-electron chi connectivity index (χ2n) is 12.9. The number of ether oxygens (including phenoxy) is 5. The molecule has 14 nitrogen and oxygen atoms in total. The molecule has 0 aliphatic rings. The SMILES string of the molecule is C.C.COC(=O)C(Oc1ccc(OC)cc1-n1nc2ccccc2n1)c1ccccc1.COc1ccc(OC(C)(C(=O)O)c2ccccc2)c(-n2nc3ccccc3n2)c1. The summed E-state index contributed by atoms with van der Waals surface area (Å²) in [6.07, 6.45) is -0.932. The molecule has 0 fully saturated rings. The Morgan fingerprint density at radius 1 is 0.583 bits per heavy atom. The maximum atomic E-state index is 12.4. The van der Waals surface area contributed by atoms with Gasteiger partial charge in [-0.2, -0.15) is 0 Å². The molecule has 0 saturated heterocycles. The van der Waals surface area contributed by atoms with E-state index in [1.807, 2.05) is 84.9 Å². The first-order valence-electron chi connectivity index (χ1n) is 18.0. The average molecular weight is 811 g/mol. The summed E-state index contributed by atoms with van der Waals surface area (Å²) < 4.78 is 27.8. The van der Waals surface area contributed by atoms with Crippen LogP contribution in [0, 0.1) is 0 Å². The topological polar surface area (TPSA) is 162 Å². The van der Waals surface area contributed by atoms with E-state index in [0.717, 1.165) is 11.0 Å². The van der Waals surface area contributed by atoms with Crippen LogP contribution in [0.1, 0.15) is 39.0 Å². The largest absolute Gasteiger partial charge is 0.497 e. The van der Waals surface area contributed by atoms with Crippen LogP contribution in [-0.4, -0.2) is 68.4 Å². The van der Waals surface area contributed by atoms with Crippen molar-refractivity contribution in [3.05, 3.63) is 157 Å². The van der Waals surface area contributed by atoms with Crippen molar-refractivity contribution in [3.63, 3.8) is 0 Å². The lowest BCUT2D eigenvalue weighted by atomic mass is 9.96. The van der Waals surface area contributed by atoms with E-state index in [1.54, 1.807) is 74.9 Å². The highest BCUT2D eigenvalue weighted by Crippen LogP contribution is 2.35. The van der Waals surface area contributed by atoms with Crippen LogP contribution in [0.15, 0.2) is 146 Å². The van der Waals surface area contributed by atoms with E-state index < -0.39 is 23.6 Å². The Hall–Kier alpha value is -7.74. The quantitative estimate of drug-likeness (QED) is 0.117. The zero-order valence-corrected chi connectivity index (χ0v) is 31.9. The second kappa shape index (κ2) is 19.1. The molecule has 60 heavy (non-hydrogen) atoms. The molecule has 8 aromatic rings. The lowest BCUT2D eigenvalue weighted by molar-refractivity contribution is -0.154. The van der Waals surface area contributed by atoms with E-state index in [4.69, 9.17) is 23.7 Å². The van der Waals surface area contributed by atoms with Crippen molar-refractivity contribution >= 4 is 34.0 Å². The number of nitrogens with zero attached hydrogens (tertiary/aromatic N) is 6. The van der Waals surface area contributed by atoms with Gasteiger partial charge in [-0.25, -0.2) is 9.59 Å². The minimum Gasteiger partial charge on any atom is -0.497 e. The minimum absolute atomic E-state index is 0. The molecule has 0 aliphatic carbocycles. The monoisotopic (exact) mass is 810 g/mol. The third-order valence-corrected chi connectivity index (χ3v) is 9.15. The molecular formula is C46H46N6O8. The first-order valence-corrected chi connectivity index (χ1v) is 18.0. The fourth-order valence-electron chi connectivity index (χ4n) is 6.00. The Morgan fingerprint density at radius 2 is 1.00 bits per heavy atom. The van der Waals surface area contributed by atoms with Gasteiger partial charge in [0.2, 0.25) is 11.7 Å². The highest BCUT2D eigenvalue weighted by molar-refractivity contribution is 5.80. The highest BCUT2D eigenvalue weighted by Gasteiger charge is 2.39. The number of aliphatic carboxylic acids is 1. The van der Waals surface area contributed by atoms with Crippen LogP contribution in [-0.2, 0) is 19.9 Å². The smallest absolute Gasteiger partial charge is 0.352 e. The molecule has 2 atom stereocenters. The Bertz CT molecular complexity index is 2620. The Balaban J connectivity index is 0.000000220. The molecule has 0 saturated carbocycles. The number of hydrogen-bond donors (Lipinski definition) is 1. The van der Waals surface area contributed by atoms with Crippen molar-refractivity contribution in [3.8, 4) is 34.4 Å². The minimum atomic E-state index is -1.60. The third kappa shape index (κ3) is 9.18. The van der Waals surface area contributed by atoms with Gasteiger partial charge in [0.05, 0.1) is 21.3 Å². The predicted octanol–water partition coefficient (Wildman–Crippen LogP) is 8.80. The molecule has 2 heterocycles. The number of hydrogen-bond acceptors (Lipinski definition) is 11. The molecule has 0 spiro atoms. The Labute approximate surface area is 347 Å². The highest BCUT2D eigenvalue weighted by atomic mass is 16.6. The summed E-state index contributed by atoms with van der Waals surface area (Å²) in [6.45, 7) is 1.52. The molecule has 2 aromatic heterocycles. The zero-order chi connectivity index (χ0) is 40.6. The zero-order valence-electron chi connectivity index (χ0n) is 31.9. The number of carboxylic acids is 1. The van der Waals surface area contributed by atoms with E-state index in [2.05, 4.69) is 20.4 Å². The lowest BCUT2D eigenvalue weighted by Gasteiger charge is -2.27. The lowest BCUT2D eigenvalue weighted by Crippen LogP contribution is -2.38. The average Bonchev–Trinajstić information content (AvgIpc) is 3.91. The number of fused-ring (bicyclic) bond motifs is 2. The van der Waals surface area contributed by atoms with Crippen LogP contribution in [0.25, 0.3) is 33.4 Å². The molecule has 6 aromatic carbocycles. The van der Waals surface area contributed by atoms with Gasteiger partial charge in [-0.15, -0.1) is 30.0 Å². The van der Waals surface area contributed by atoms with Crippen LogP contribution in [0.3, 0.4) is 0 Å². The van der Waals surface area contributed by atoms with Gasteiger partial charge in [-0.3, -0.25) is 0 Å². The van der Waals surface area contributed by atoms with Crippen molar-refractivity contribution in [1.29, 1.82) is 0 Å². The van der Waals surface area contributed by atoms with Gasteiger partial charge in [0.15, 0.2) is 0 Å². The molecule has 0 aliphatic heterocycles. The molecule has 0 amide bonds. The first kappa shape index (κ1) is 43.4. The van der Waals surface area contributed by atoms with Gasteiger partial charge in [0, 0.05) is 23.3 Å². The summed E-state index contributed by atoms with van der Waals surface area (Å²) in [4.78, 5) is 27.5. The molecule has 308 valence electrons. The van der Waals surface area contributed by atoms with Crippen molar-refractivity contribution < 1.29 is 38.4 Å². The normalized spacial score (nSPS) is 12.0. The standard InChI is InChI=1S/2C22H19N3O4.2CH4/c1-22(21(26)27,15-8-4-3-5-9-15)29-20-13-12-16(28-2)14-19(20)25-23-17-10-6-7-11-18(17)24-25;1-27-16-12-13-20(29-21(22(26)28-2)15-8-4-3-5-9-15)19(14-16)25-23-17-10-6-7-11-18(17)24-25;;/h3-14H,1-2H3,(H,26,27);3-14,21H,1-2H3;2*1H4. The number of aromatic nitrogens is 6. The number of carboxylic acid groups (broad SMARTS) is 1. The van der Waals surface area contributed by atoms with Crippen molar-refractivity contribution in [2.45, 2.75) is 33.5 Å². The van der Waals surface area contributed by atoms with Gasteiger partial charge in [0.1, 0.15) is 56.4 Å². The van der Waals surface area contributed by atoms with Crippen LogP contribution < -0.4 is 18.9 Å². The number of carbonyl (C=O) groups is 2. The van der Waals surface area contributed by atoms with Gasteiger partial charge < -0.3 is 28.8 Å². The first-order chi connectivity index (χ1) is 28.2. The molecular weight excluding hydrogens is 765 g/mol. The molecule has 2 unspecified atom stereocenters. The van der Waals surface area contributed by atoms with E-state index in [1.165, 1.54) is 23.6 Å². The second-order valence-corrected chi connectivity index (χ2v) is 12.9. The van der Waals surface area contributed by atoms with Gasteiger partial charge in [-0.05, 0) is 55.5 Å². The Morgan fingerprint density at radius 3 is 1.43 bits per heavy atom. The molecule has 0 bridgehead atoms. The number of rotatable bonds is 12. The maximum Gasteiger partial charge on any atom is 0.352 e. The van der Waals surface area contributed by atoms with Crippen LogP contribution in [0.4, 0.5) is 0 Å². The summed E-state index contributed by atoms with van der Waals surface area (Å²) in [5, 5.41) is 28.0. The van der Waals surface area contributed by atoms with Gasteiger partial charge >= 0.3 is 11.9 Å². The Kier molecular flexibility index (Phi) is 13.8. The number of carbonyl (C=O) groups excluding carboxylic acids is 1.